The van der Waals surface area contributed by atoms with Crippen molar-refractivity contribution < 1.29 is 4.39 Å². The van der Waals surface area contributed by atoms with Gasteiger partial charge in [0.1, 0.15) is 5.82 Å². The molecule has 0 atom stereocenters. The molecule has 1 heterocycles. The number of hydrogen-bond acceptors (Lipinski definition) is 2. The first kappa shape index (κ1) is 11.6. The zero-order chi connectivity index (χ0) is 12.4. The minimum absolute atomic E-state index is 0.267. The highest BCUT2D eigenvalue weighted by Gasteiger charge is 2.13. The van der Waals surface area contributed by atoms with Gasteiger partial charge in [-0.3, -0.25) is 0 Å². The van der Waals surface area contributed by atoms with E-state index >= 15 is 0 Å². The fourth-order valence-electron chi connectivity index (χ4n) is 1.94. The lowest BCUT2D eigenvalue weighted by Gasteiger charge is -2.06. The van der Waals surface area contributed by atoms with Gasteiger partial charge in [-0.05, 0) is 31.0 Å². The van der Waals surface area contributed by atoms with Crippen molar-refractivity contribution >= 4 is 5.69 Å². The van der Waals surface area contributed by atoms with Gasteiger partial charge in [-0.1, -0.05) is 19.9 Å². The van der Waals surface area contributed by atoms with E-state index in [1.54, 1.807) is 10.7 Å². The lowest BCUT2D eigenvalue weighted by Crippen LogP contribution is -2.02. The zero-order valence-electron chi connectivity index (χ0n) is 10.1. The number of rotatable bonds is 3. The molecule has 0 aliphatic carbocycles. The van der Waals surface area contributed by atoms with Crippen LogP contribution >= 0.6 is 0 Å². The fraction of sp³-hybridized carbons (Fsp3) is 0.308. The number of nitrogens with zero attached hydrogens (tertiary/aromatic N) is 2. The second kappa shape index (κ2) is 4.57. The highest BCUT2D eigenvalue weighted by molar-refractivity contribution is 5.51. The molecule has 0 fully saturated rings. The van der Waals surface area contributed by atoms with E-state index in [1.807, 2.05) is 19.9 Å². The highest BCUT2D eigenvalue weighted by Crippen LogP contribution is 2.22. The summed E-state index contributed by atoms with van der Waals surface area (Å²) in [4.78, 5) is 0. The molecule has 2 N–H and O–H groups in total. The molecular formula is C13H16FN3. The van der Waals surface area contributed by atoms with Gasteiger partial charge in [-0.2, -0.15) is 5.10 Å². The van der Waals surface area contributed by atoms with Crippen LogP contribution in [0.5, 0.6) is 0 Å². The van der Waals surface area contributed by atoms with Crippen molar-refractivity contribution in [2.24, 2.45) is 0 Å². The van der Waals surface area contributed by atoms with Gasteiger partial charge in [-0.15, -0.1) is 0 Å². The van der Waals surface area contributed by atoms with Gasteiger partial charge in [-0.25, -0.2) is 9.07 Å². The molecule has 0 saturated heterocycles. The molecule has 1 aromatic heterocycles. The summed E-state index contributed by atoms with van der Waals surface area (Å²) in [6, 6.07) is 6.38. The molecular weight excluding hydrogens is 217 g/mol. The van der Waals surface area contributed by atoms with Crippen LogP contribution in [0.1, 0.15) is 25.2 Å². The second-order valence-electron chi connectivity index (χ2n) is 3.91. The van der Waals surface area contributed by atoms with E-state index in [0.717, 1.165) is 29.9 Å². The van der Waals surface area contributed by atoms with E-state index in [1.165, 1.54) is 12.1 Å². The van der Waals surface area contributed by atoms with Crippen molar-refractivity contribution in [2.45, 2.75) is 26.7 Å². The second-order valence-corrected chi connectivity index (χ2v) is 3.91. The normalized spacial score (nSPS) is 10.8. The van der Waals surface area contributed by atoms with Crippen LogP contribution in [0.2, 0.25) is 0 Å². The summed E-state index contributed by atoms with van der Waals surface area (Å²) >= 11 is 0. The summed E-state index contributed by atoms with van der Waals surface area (Å²) < 4.78 is 14.9. The summed E-state index contributed by atoms with van der Waals surface area (Å²) in [5.74, 6) is -0.267. The maximum absolute atomic E-state index is 13.2. The average Bonchev–Trinajstić information content (AvgIpc) is 2.65. The van der Waals surface area contributed by atoms with Crippen molar-refractivity contribution in [3.63, 3.8) is 0 Å². The van der Waals surface area contributed by atoms with Gasteiger partial charge in [0.2, 0.25) is 0 Å². The number of nitrogen functional groups attached to an aromatic ring is 1. The molecule has 0 unspecified atom stereocenters. The fourth-order valence-corrected chi connectivity index (χ4v) is 1.94. The van der Waals surface area contributed by atoms with Crippen LogP contribution in [0, 0.1) is 5.82 Å². The number of halogens is 1. The summed E-state index contributed by atoms with van der Waals surface area (Å²) in [5, 5.41) is 4.44. The summed E-state index contributed by atoms with van der Waals surface area (Å²) in [5.41, 5.74) is 9.27. The zero-order valence-corrected chi connectivity index (χ0v) is 10.1. The SMILES string of the molecule is CCc1nn(-c2cccc(F)c2)c(CC)c1N. The smallest absolute Gasteiger partial charge is 0.125 e. The van der Waals surface area contributed by atoms with Gasteiger partial charge in [0, 0.05) is 0 Å². The average molecular weight is 233 g/mol. The number of aryl methyl sites for hydroxylation is 1. The maximum Gasteiger partial charge on any atom is 0.125 e. The van der Waals surface area contributed by atoms with Crippen molar-refractivity contribution in [3.8, 4) is 5.69 Å². The molecule has 0 amide bonds. The molecule has 1 aromatic carbocycles. The Balaban J connectivity index is 2.58. The Bertz CT molecular complexity index is 531. The molecule has 0 aliphatic rings. The molecule has 0 bridgehead atoms. The molecule has 2 aromatic rings. The maximum atomic E-state index is 13.2. The van der Waals surface area contributed by atoms with Crippen LogP contribution in [0.4, 0.5) is 10.1 Å². The van der Waals surface area contributed by atoms with Crippen LogP contribution < -0.4 is 5.73 Å². The molecule has 0 spiro atoms. The van der Waals surface area contributed by atoms with Gasteiger partial charge in [0.05, 0.1) is 22.8 Å². The quantitative estimate of drug-likeness (QED) is 0.885. The minimum atomic E-state index is -0.267. The van der Waals surface area contributed by atoms with E-state index in [2.05, 4.69) is 5.10 Å². The Hall–Kier alpha value is -1.84. The highest BCUT2D eigenvalue weighted by atomic mass is 19.1. The molecule has 17 heavy (non-hydrogen) atoms. The molecule has 3 nitrogen and oxygen atoms in total. The minimum Gasteiger partial charge on any atom is -0.396 e. The van der Waals surface area contributed by atoms with Crippen LogP contribution in [-0.4, -0.2) is 9.78 Å². The van der Waals surface area contributed by atoms with Gasteiger partial charge >= 0.3 is 0 Å². The standard InChI is InChI=1S/C13H16FN3/c1-3-11-13(15)12(4-2)17(16-11)10-7-5-6-9(14)8-10/h5-8H,3-4,15H2,1-2H3. The largest absolute Gasteiger partial charge is 0.396 e. The van der Waals surface area contributed by atoms with Gasteiger partial charge in [0.25, 0.3) is 0 Å². The van der Waals surface area contributed by atoms with E-state index in [4.69, 9.17) is 5.73 Å². The molecule has 2 rings (SSSR count). The Morgan fingerprint density at radius 3 is 2.65 bits per heavy atom. The Labute approximate surface area is 100 Å². The van der Waals surface area contributed by atoms with E-state index in [-0.39, 0.29) is 5.82 Å². The van der Waals surface area contributed by atoms with Gasteiger partial charge in [0.15, 0.2) is 0 Å². The first-order valence-electron chi connectivity index (χ1n) is 5.79. The van der Waals surface area contributed by atoms with Crippen molar-refractivity contribution in [1.29, 1.82) is 0 Å². The van der Waals surface area contributed by atoms with Crippen LogP contribution in [0.15, 0.2) is 24.3 Å². The van der Waals surface area contributed by atoms with Gasteiger partial charge < -0.3 is 5.73 Å². The predicted molar refractivity (Wildman–Crippen MR) is 66.7 cm³/mol. The number of benzene rings is 1. The van der Waals surface area contributed by atoms with Crippen molar-refractivity contribution in [1.82, 2.24) is 9.78 Å². The molecule has 90 valence electrons. The number of aromatic nitrogens is 2. The Kier molecular flexibility index (Phi) is 3.13. The number of nitrogens with two attached hydrogens (primary N) is 1. The lowest BCUT2D eigenvalue weighted by molar-refractivity contribution is 0.624. The molecule has 0 aliphatic heterocycles. The number of anilines is 1. The van der Waals surface area contributed by atoms with Crippen LogP contribution in [0.3, 0.4) is 0 Å². The first-order valence-corrected chi connectivity index (χ1v) is 5.79. The lowest BCUT2D eigenvalue weighted by atomic mass is 10.2. The number of hydrogen-bond donors (Lipinski definition) is 1. The summed E-state index contributed by atoms with van der Waals surface area (Å²) in [6.45, 7) is 4.02. The monoisotopic (exact) mass is 233 g/mol. The predicted octanol–water partition coefficient (Wildman–Crippen LogP) is 2.72. The third kappa shape index (κ3) is 2.02. The van der Waals surface area contributed by atoms with Crippen molar-refractivity contribution in [3.05, 3.63) is 41.5 Å². The molecule has 0 radical (unpaired) electrons. The Morgan fingerprint density at radius 1 is 1.29 bits per heavy atom. The van der Waals surface area contributed by atoms with E-state index in [0.29, 0.717) is 5.69 Å². The summed E-state index contributed by atoms with van der Waals surface area (Å²) in [6.07, 6.45) is 1.55. The summed E-state index contributed by atoms with van der Waals surface area (Å²) in [7, 11) is 0. The van der Waals surface area contributed by atoms with Crippen LogP contribution in [-0.2, 0) is 12.8 Å². The van der Waals surface area contributed by atoms with Crippen LogP contribution in [0.25, 0.3) is 5.69 Å². The van der Waals surface area contributed by atoms with E-state index < -0.39 is 0 Å². The first-order chi connectivity index (χ1) is 8.17. The topological polar surface area (TPSA) is 43.8 Å². The van der Waals surface area contributed by atoms with Crippen molar-refractivity contribution in [2.75, 3.05) is 5.73 Å². The third-order valence-electron chi connectivity index (χ3n) is 2.82. The molecule has 0 saturated carbocycles. The van der Waals surface area contributed by atoms with E-state index in [9.17, 15) is 4.39 Å². The molecule has 4 heteroatoms. The third-order valence-corrected chi connectivity index (χ3v) is 2.82. The Morgan fingerprint density at radius 2 is 2.06 bits per heavy atom.